The lowest BCUT2D eigenvalue weighted by atomic mass is 10.1. The van der Waals surface area contributed by atoms with Crippen LogP contribution in [-0.2, 0) is 6.54 Å². The van der Waals surface area contributed by atoms with Gasteiger partial charge in [-0.3, -0.25) is 4.90 Å². The molecule has 0 aliphatic carbocycles. The van der Waals surface area contributed by atoms with Crippen molar-refractivity contribution in [2.75, 3.05) is 13.1 Å². The Morgan fingerprint density at radius 3 is 3.15 bits per heavy atom. The highest BCUT2D eigenvalue weighted by Gasteiger charge is 2.19. The first-order valence-electron chi connectivity index (χ1n) is 6.82. The molecule has 1 aliphatic rings. The zero-order valence-corrected chi connectivity index (χ0v) is 12.7. The maximum Gasteiger partial charge on any atom is 0.209 e. The van der Waals surface area contributed by atoms with Gasteiger partial charge < -0.3 is 9.52 Å². The second-order valence-electron chi connectivity index (χ2n) is 5.16. The van der Waals surface area contributed by atoms with Crippen LogP contribution in [0.15, 0.2) is 39.4 Å². The Labute approximate surface area is 126 Å². The molecule has 0 radical (unpaired) electrons. The van der Waals surface area contributed by atoms with Crippen LogP contribution < -0.4 is 0 Å². The molecule has 1 unspecified atom stereocenters. The minimum absolute atomic E-state index is 0.219. The molecule has 1 fully saturated rings. The van der Waals surface area contributed by atoms with Gasteiger partial charge in [-0.25, -0.2) is 4.98 Å². The number of halogens is 1. The Morgan fingerprint density at radius 2 is 2.35 bits per heavy atom. The topological polar surface area (TPSA) is 49.5 Å². The molecule has 0 saturated carbocycles. The molecule has 20 heavy (non-hydrogen) atoms. The van der Waals surface area contributed by atoms with E-state index in [0.717, 1.165) is 35.2 Å². The molecule has 4 nitrogen and oxygen atoms in total. The SMILES string of the molecule is OC1CCCN(Cc2ncc(-c3cccc(Br)c3)o2)C1. The second-order valence-corrected chi connectivity index (χ2v) is 6.08. The average molecular weight is 337 g/mol. The van der Waals surface area contributed by atoms with Crippen molar-refractivity contribution in [3.05, 3.63) is 40.8 Å². The van der Waals surface area contributed by atoms with E-state index in [2.05, 4.69) is 25.8 Å². The number of likely N-dealkylation sites (tertiary alicyclic amines) is 1. The fourth-order valence-corrected chi connectivity index (χ4v) is 2.92. The van der Waals surface area contributed by atoms with Crippen LogP contribution in [0.25, 0.3) is 11.3 Å². The van der Waals surface area contributed by atoms with Gasteiger partial charge in [0.2, 0.25) is 5.89 Å². The van der Waals surface area contributed by atoms with Crippen molar-refractivity contribution in [3.63, 3.8) is 0 Å². The number of rotatable bonds is 3. The van der Waals surface area contributed by atoms with Crippen LogP contribution >= 0.6 is 15.9 Å². The average Bonchev–Trinajstić information content (AvgIpc) is 2.87. The molecule has 2 heterocycles. The van der Waals surface area contributed by atoms with Gasteiger partial charge in [0, 0.05) is 16.6 Å². The number of aliphatic hydroxyl groups is 1. The highest BCUT2D eigenvalue weighted by Crippen LogP contribution is 2.24. The van der Waals surface area contributed by atoms with Gasteiger partial charge in [-0.05, 0) is 31.5 Å². The third-order valence-electron chi connectivity index (χ3n) is 3.50. The predicted octanol–water partition coefficient (Wildman–Crippen LogP) is 3.06. The molecule has 5 heteroatoms. The maximum absolute atomic E-state index is 9.67. The lowest BCUT2D eigenvalue weighted by Gasteiger charge is -2.28. The molecule has 106 valence electrons. The van der Waals surface area contributed by atoms with E-state index in [1.165, 1.54) is 0 Å². The summed E-state index contributed by atoms with van der Waals surface area (Å²) >= 11 is 3.45. The number of nitrogens with zero attached hydrogens (tertiary/aromatic N) is 2. The van der Waals surface area contributed by atoms with Crippen LogP contribution in [0.4, 0.5) is 0 Å². The van der Waals surface area contributed by atoms with Crippen LogP contribution in [0.5, 0.6) is 0 Å². The molecule has 1 saturated heterocycles. The largest absolute Gasteiger partial charge is 0.439 e. The molecule has 1 atom stereocenters. The van der Waals surface area contributed by atoms with Crippen molar-refractivity contribution in [3.8, 4) is 11.3 Å². The third-order valence-corrected chi connectivity index (χ3v) is 4.00. The Kier molecular flexibility index (Phi) is 4.19. The number of hydrogen-bond acceptors (Lipinski definition) is 4. The fourth-order valence-electron chi connectivity index (χ4n) is 2.52. The van der Waals surface area contributed by atoms with Crippen LogP contribution in [-0.4, -0.2) is 34.2 Å². The van der Waals surface area contributed by atoms with Crippen molar-refractivity contribution >= 4 is 15.9 Å². The molecule has 1 aromatic carbocycles. The Morgan fingerprint density at radius 1 is 1.45 bits per heavy atom. The quantitative estimate of drug-likeness (QED) is 0.935. The van der Waals surface area contributed by atoms with Gasteiger partial charge in [0.25, 0.3) is 0 Å². The van der Waals surface area contributed by atoms with E-state index < -0.39 is 0 Å². The molecule has 1 aliphatic heterocycles. The number of benzene rings is 1. The van der Waals surface area contributed by atoms with Crippen molar-refractivity contribution < 1.29 is 9.52 Å². The first-order chi connectivity index (χ1) is 9.70. The van der Waals surface area contributed by atoms with E-state index in [9.17, 15) is 5.11 Å². The van der Waals surface area contributed by atoms with Crippen molar-refractivity contribution in [1.29, 1.82) is 0 Å². The number of β-amino-alcohol motifs (C(OH)–C–C–N with tert-alkyl or cyclic N) is 1. The summed E-state index contributed by atoms with van der Waals surface area (Å²) in [4.78, 5) is 6.52. The van der Waals surface area contributed by atoms with Gasteiger partial charge in [-0.1, -0.05) is 28.1 Å². The van der Waals surface area contributed by atoms with E-state index in [0.29, 0.717) is 19.0 Å². The lowest BCUT2D eigenvalue weighted by molar-refractivity contribution is 0.0625. The van der Waals surface area contributed by atoms with E-state index in [-0.39, 0.29) is 6.10 Å². The van der Waals surface area contributed by atoms with E-state index >= 15 is 0 Å². The molecular weight excluding hydrogens is 320 g/mol. The number of hydrogen-bond donors (Lipinski definition) is 1. The van der Waals surface area contributed by atoms with Crippen molar-refractivity contribution in [1.82, 2.24) is 9.88 Å². The molecule has 1 aromatic heterocycles. The molecule has 1 N–H and O–H groups in total. The van der Waals surface area contributed by atoms with Crippen LogP contribution in [0.1, 0.15) is 18.7 Å². The van der Waals surface area contributed by atoms with Crippen LogP contribution in [0.3, 0.4) is 0 Å². The van der Waals surface area contributed by atoms with Gasteiger partial charge in [0.1, 0.15) is 0 Å². The fraction of sp³-hybridized carbons (Fsp3) is 0.400. The standard InChI is InChI=1S/C15H17BrN2O2/c16-12-4-1-3-11(7-12)14-8-17-15(20-14)10-18-6-2-5-13(19)9-18/h1,3-4,7-8,13,19H,2,5-6,9-10H2. The minimum atomic E-state index is -0.219. The maximum atomic E-state index is 9.67. The lowest BCUT2D eigenvalue weighted by Crippen LogP contribution is -2.37. The first-order valence-corrected chi connectivity index (χ1v) is 7.61. The van der Waals surface area contributed by atoms with E-state index in [4.69, 9.17) is 4.42 Å². The molecule has 0 bridgehead atoms. The van der Waals surface area contributed by atoms with Gasteiger partial charge >= 0.3 is 0 Å². The predicted molar refractivity (Wildman–Crippen MR) is 80.2 cm³/mol. The summed E-state index contributed by atoms with van der Waals surface area (Å²) < 4.78 is 6.83. The Bertz CT molecular complexity index is 585. The monoisotopic (exact) mass is 336 g/mol. The van der Waals surface area contributed by atoms with E-state index in [1.54, 1.807) is 6.20 Å². The summed E-state index contributed by atoms with van der Waals surface area (Å²) in [6.07, 6.45) is 3.46. The number of oxazole rings is 1. The van der Waals surface area contributed by atoms with E-state index in [1.807, 2.05) is 24.3 Å². The molecule has 3 rings (SSSR count). The zero-order valence-electron chi connectivity index (χ0n) is 11.1. The highest BCUT2D eigenvalue weighted by molar-refractivity contribution is 9.10. The van der Waals surface area contributed by atoms with Gasteiger partial charge in [0.15, 0.2) is 5.76 Å². The summed E-state index contributed by atoms with van der Waals surface area (Å²) in [7, 11) is 0. The summed E-state index contributed by atoms with van der Waals surface area (Å²) in [6, 6.07) is 7.97. The third kappa shape index (κ3) is 3.29. The molecular formula is C15H17BrN2O2. The van der Waals surface area contributed by atoms with Crippen molar-refractivity contribution in [2.24, 2.45) is 0 Å². The Hall–Kier alpha value is -1.17. The van der Waals surface area contributed by atoms with Gasteiger partial charge in [-0.15, -0.1) is 0 Å². The number of piperidine rings is 1. The molecule has 2 aromatic rings. The normalized spacial score (nSPS) is 20.2. The smallest absolute Gasteiger partial charge is 0.209 e. The second kappa shape index (κ2) is 6.08. The summed E-state index contributed by atoms with van der Waals surface area (Å²) in [5.41, 5.74) is 1.01. The highest BCUT2D eigenvalue weighted by atomic mass is 79.9. The van der Waals surface area contributed by atoms with Crippen molar-refractivity contribution in [2.45, 2.75) is 25.5 Å². The van der Waals surface area contributed by atoms with Crippen LogP contribution in [0, 0.1) is 0 Å². The van der Waals surface area contributed by atoms with Gasteiger partial charge in [0.05, 0.1) is 18.8 Å². The summed E-state index contributed by atoms with van der Waals surface area (Å²) in [6.45, 7) is 2.35. The first kappa shape index (κ1) is 13.8. The minimum Gasteiger partial charge on any atom is -0.439 e. The zero-order chi connectivity index (χ0) is 13.9. The number of aromatic nitrogens is 1. The summed E-state index contributed by atoms with van der Waals surface area (Å²) in [5.74, 6) is 1.48. The molecule has 0 spiro atoms. The van der Waals surface area contributed by atoms with Gasteiger partial charge in [-0.2, -0.15) is 0 Å². The Balaban J connectivity index is 1.70. The van der Waals surface area contributed by atoms with Crippen LogP contribution in [0.2, 0.25) is 0 Å². The number of aliphatic hydroxyl groups excluding tert-OH is 1. The molecule has 0 amide bonds. The summed E-state index contributed by atoms with van der Waals surface area (Å²) in [5, 5.41) is 9.67.